The van der Waals surface area contributed by atoms with E-state index < -0.39 is 12.2 Å². The molecule has 2 aromatic heterocycles. The van der Waals surface area contributed by atoms with Gasteiger partial charge in [-0.3, -0.25) is 19.6 Å². The van der Waals surface area contributed by atoms with E-state index in [4.69, 9.17) is 16.2 Å². The number of nitrogens with one attached hydrogen (secondary N) is 1. The standard InChI is InChI=1S/C20H30N6O3/c21-11-1-2-17-26(25-15-5-6-16-25)19(27)9-10-20(28)29-18(8-7-12-22)23-24-13-3-4-14-24/h3-6,9-10,13-16,18,23H,1-2,7-8,11-12,17,21-22H2/b10-9+. The van der Waals surface area contributed by atoms with E-state index in [1.54, 1.807) is 39.1 Å². The third-order valence-electron chi connectivity index (χ3n) is 4.13. The van der Waals surface area contributed by atoms with Crippen LogP contribution in [0.15, 0.2) is 61.2 Å². The van der Waals surface area contributed by atoms with E-state index in [1.165, 1.54) is 6.08 Å². The first-order chi connectivity index (χ1) is 14.1. The van der Waals surface area contributed by atoms with Crippen molar-refractivity contribution in [1.29, 1.82) is 0 Å². The lowest BCUT2D eigenvalue weighted by molar-refractivity contribution is -0.142. The van der Waals surface area contributed by atoms with Gasteiger partial charge in [-0.1, -0.05) is 0 Å². The summed E-state index contributed by atoms with van der Waals surface area (Å²) in [7, 11) is 0. The average molecular weight is 402 g/mol. The van der Waals surface area contributed by atoms with E-state index in [0.29, 0.717) is 32.5 Å². The summed E-state index contributed by atoms with van der Waals surface area (Å²) in [5, 5.41) is 1.55. The van der Waals surface area contributed by atoms with Gasteiger partial charge in [0.2, 0.25) is 0 Å². The Morgan fingerprint density at radius 1 is 0.966 bits per heavy atom. The smallest absolute Gasteiger partial charge is 0.332 e. The summed E-state index contributed by atoms with van der Waals surface area (Å²) >= 11 is 0. The predicted octanol–water partition coefficient (Wildman–Crippen LogP) is 0.901. The van der Waals surface area contributed by atoms with Gasteiger partial charge in [-0.15, -0.1) is 0 Å². The van der Waals surface area contributed by atoms with Gasteiger partial charge in [-0.05, 0) is 56.6 Å². The fourth-order valence-electron chi connectivity index (χ4n) is 2.68. The molecule has 9 nitrogen and oxygen atoms in total. The molecule has 0 aliphatic rings. The summed E-state index contributed by atoms with van der Waals surface area (Å²) in [4.78, 5) is 24.8. The summed E-state index contributed by atoms with van der Waals surface area (Å²) in [6.07, 6.45) is 11.8. The highest BCUT2D eigenvalue weighted by Gasteiger charge is 2.15. The molecule has 0 aliphatic carbocycles. The first kappa shape index (κ1) is 22.3. The summed E-state index contributed by atoms with van der Waals surface area (Å²) in [6, 6.07) is 7.37. The maximum Gasteiger partial charge on any atom is 0.332 e. The molecule has 158 valence electrons. The second-order valence-electron chi connectivity index (χ2n) is 6.43. The lowest BCUT2D eigenvalue weighted by atomic mass is 10.3. The van der Waals surface area contributed by atoms with Crippen LogP contribution < -0.4 is 21.9 Å². The lowest BCUT2D eigenvalue weighted by Crippen LogP contribution is -2.39. The van der Waals surface area contributed by atoms with Crippen LogP contribution in [0.2, 0.25) is 0 Å². The van der Waals surface area contributed by atoms with Crippen LogP contribution in [0.4, 0.5) is 0 Å². The van der Waals surface area contributed by atoms with Crippen molar-refractivity contribution in [3.63, 3.8) is 0 Å². The molecule has 9 heteroatoms. The Bertz CT molecular complexity index is 742. The molecule has 29 heavy (non-hydrogen) atoms. The van der Waals surface area contributed by atoms with Crippen molar-refractivity contribution >= 4 is 11.9 Å². The summed E-state index contributed by atoms with van der Waals surface area (Å²) in [5.74, 6) is -0.915. The van der Waals surface area contributed by atoms with Gasteiger partial charge in [-0.2, -0.15) is 0 Å². The molecule has 1 atom stereocenters. The average Bonchev–Trinajstić information content (AvgIpc) is 3.42. The van der Waals surface area contributed by atoms with Gasteiger partial charge in [-0.25, -0.2) is 9.80 Å². The fraction of sp³-hybridized carbons (Fsp3) is 0.400. The summed E-state index contributed by atoms with van der Waals surface area (Å²) in [6.45, 7) is 1.55. The molecule has 1 amide bonds. The highest BCUT2D eigenvalue weighted by atomic mass is 16.6. The number of aromatic nitrogens is 2. The molecule has 2 aromatic rings. The van der Waals surface area contributed by atoms with Crippen molar-refractivity contribution in [3.05, 3.63) is 61.2 Å². The molecule has 0 saturated carbocycles. The Kier molecular flexibility index (Phi) is 9.53. The molecule has 0 aliphatic heterocycles. The van der Waals surface area contributed by atoms with Gasteiger partial charge in [0.25, 0.3) is 5.91 Å². The van der Waals surface area contributed by atoms with Gasteiger partial charge < -0.3 is 16.2 Å². The monoisotopic (exact) mass is 402 g/mol. The minimum absolute atomic E-state index is 0.313. The van der Waals surface area contributed by atoms with Crippen molar-refractivity contribution in [2.24, 2.45) is 11.5 Å². The Balaban J connectivity index is 1.95. The van der Waals surface area contributed by atoms with Crippen LogP contribution in [0.1, 0.15) is 25.7 Å². The van der Waals surface area contributed by atoms with Crippen molar-refractivity contribution in [3.8, 4) is 0 Å². The lowest BCUT2D eigenvalue weighted by Gasteiger charge is -2.22. The van der Waals surface area contributed by atoms with Crippen LogP contribution in [0.3, 0.4) is 0 Å². The maximum absolute atomic E-state index is 12.6. The van der Waals surface area contributed by atoms with Gasteiger partial charge in [0.15, 0.2) is 6.23 Å². The quantitative estimate of drug-likeness (QED) is 0.198. The zero-order chi connectivity index (χ0) is 20.9. The Morgan fingerprint density at radius 3 is 2.28 bits per heavy atom. The maximum atomic E-state index is 12.6. The van der Waals surface area contributed by atoms with Crippen molar-refractivity contribution in [2.75, 3.05) is 30.1 Å². The zero-order valence-corrected chi connectivity index (χ0v) is 16.5. The number of carbonyl (C=O) groups is 2. The molecular formula is C20H30N6O3. The van der Waals surface area contributed by atoms with Gasteiger partial charge in [0.05, 0.1) is 0 Å². The van der Waals surface area contributed by atoms with Gasteiger partial charge in [0.1, 0.15) is 0 Å². The molecule has 0 fully saturated rings. The van der Waals surface area contributed by atoms with Crippen LogP contribution >= 0.6 is 0 Å². The van der Waals surface area contributed by atoms with Crippen LogP contribution in [0.5, 0.6) is 0 Å². The van der Waals surface area contributed by atoms with Crippen molar-refractivity contribution in [2.45, 2.75) is 31.9 Å². The largest absolute Gasteiger partial charge is 0.437 e. The molecule has 0 spiro atoms. The third kappa shape index (κ3) is 7.84. The topological polar surface area (TPSA) is 121 Å². The number of unbranched alkanes of at least 4 members (excludes halogenated alkanes) is 1. The highest BCUT2D eigenvalue weighted by Crippen LogP contribution is 2.04. The molecule has 0 aromatic carbocycles. The zero-order valence-electron chi connectivity index (χ0n) is 16.5. The predicted molar refractivity (Wildman–Crippen MR) is 112 cm³/mol. The number of nitrogens with two attached hydrogens (primary N) is 2. The molecular weight excluding hydrogens is 372 g/mol. The van der Waals surface area contributed by atoms with Crippen LogP contribution in [0.25, 0.3) is 0 Å². The molecule has 0 radical (unpaired) electrons. The molecule has 1 unspecified atom stereocenters. The summed E-state index contributed by atoms with van der Waals surface area (Å²) in [5.41, 5.74) is 14.2. The summed E-state index contributed by atoms with van der Waals surface area (Å²) < 4.78 is 8.83. The first-order valence-electron chi connectivity index (χ1n) is 9.77. The number of carbonyl (C=O) groups excluding carboxylic acids is 2. The number of esters is 1. The normalized spacial score (nSPS) is 12.1. The number of rotatable bonds is 13. The van der Waals surface area contributed by atoms with Crippen LogP contribution in [-0.2, 0) is 14.3 Å². The number of ether oxygens (including phenoxy) is 1. The second-order valence-corrected chi connectivity index (χ2v) is 6.43. The highest BCUT2D eigenvalue weighted by molar-refractivity contribution is 6.00. The number of hydrogen-bond donors (Lipinski definition) is 3. The first-order valence-corrected chi connectivity index (χ1v) is 9.77. The SMILES string of the molecule is NCCCCN(C(=O)/C=C/C(=O)OC(CCCN)Nn1cccc1)n1cccc1. The Hall–Kier alpha value is -3.04. The van der Waals surface area contributed by atoms with Gasteiger partial charge in [0, 0.05) is 49.9 Å². The van der Waals surface area contributed by atoms with Gasteiger partial charge >= 0.3 is 5.97 Å². The van der Waals surface area contributed by atoms with Crippen molar-refractivity contribution in [1.82, 2.24) is 9.35 Å². The van der Waals surface area contributed by atoms with E-state index in [0.717, 1.165) is 18.9 Å². The Morgan fingerprint density at radius 2 is 1.62 bits per heavy atom. The molecule has 0 saturated heterocycles. The molecule has 0 bridgehead atoms. The number of hydrogen-bond acceptors (Lipinski definition) is 6. The molecule has 5 N–H and O–H groups in total. The minimum atomic E-state index is -0.602. The number of amides is 1. The van der Waals surface area contributed by atoms with E-state index in [-0.39, 0.29) is 5.91 Å². The van der Waals surface area contributed by atoms with E-state index in [2.05, 4.69) is 5.43 Å². The molecule has 2 heterocycles. The number of nitrogens with zero attached hydrogens (tertiary/aromatic N) is 3. The van der Waals surface area contributed by atoms with E-state index >= 15 is 0 Å². The fourth-order valence-corrected chi connectivity index (χ4v) is 2.68. The molecule has 2 rings (SSSR count). The van der Waals surface area contributed by atoms with E-state index in [9.17, 15) is 9.59 Å². The van der Waals surface area contributed by atoms with Crippen LogP contribution in [-0.4, -0.2) is 47.1 Å². The van der Waals surface area contributed by atoms with Crippen LogP contribution in [0, 0.1) is 0 Å². The van der Waals surface area contributed by atoms with Crippen molar-refractivity contribution < 1.29 is 14.3 Å². The third-order valence-corrected chi connectivity index (χ3v) is 4.13. The van der Waals surface area contributed by atoms with E-state index in [1.807, 2.05) is 24.3 Å². The minimum Gasteiger partial charge on any atom is -0.437 e. The second kappa shape index (κ2) is 12.4. The Labute approximate surface area is 170 Å².